The van der Waals surface area contributed by atoms with Crippen molar-refractivity contribution in [1.82, 2.24) is 0 Å². The third-order valence-electron chi connectivity index (χ3n) is 7.36. The first-order valence-electron chi connectivity index (χ1n) is 10.9. The summed E-state index contributed by atoms with van der Waals surface area (Å²) in [7, 11) is -4.73. The summed E-state index contributed by atoms with van der Waals surface area (Å²) in [4.78, 5) is 0. The molecule has 2 aromatic rings. The summed E-state index contributed by atoms with van der Waals surface area (Å²) in [6, 6.07) is 23.9. The lowest BCUT2D eigenvalue weighted by molar-refractivity contribution is 0.173. The van der Waals surface area contributed by atoms with Crippen LogP contribution in [0.15, 0.2) is 60.7 Å². The molecule has 28 heavy (non-hydrogen) atoms. The van der Waals surface area contributed by atoms with Crippen LogP contribution in [0, 0.1) is 5.92 Å². The topological polar surface area (TPSA) is 9.23 Å². The third kappa shape index (κ3) is 4.02. The van der Waals surface area contributed by atoms with Gasteiger partial charge in [-0.05, 0) is 28.3 Å². The molecule has 1 aliphatic rings. The van der Waals surface area contributed by atoms with Crippen LogP contribution in [-0.2, 0) is 4.43 Å². The van der Waals surface area contributed by atoms with E-state index >= 15 is 0 Å². The average Bonchev–Trinajstić information content (AvgIpc) is 3.02. The van der Waals surface area contributed by atoms with Crippen molar-refractivity contribution >= 4 is 33.9 Å². The van der Waals surface area contributed by atoms with Gasteiger partial charge in [0.1, 0.15) is 0 Å². The van der Waals surface area contributed by atoms with Crippen LogP contribution in [0.2, 0.25) is 44.3 Å². The molecule has 152 valence electrons. The summed E-state index contributed by atoms with van der Waals surface area (Å²) >= 11 is 0. The molecule has 0 radical (unpaired) electrons. The van der Waals surface area contributed by atoms with Gasteiger partial charge in [0.25, 0.3) is 8.32 Å². The molecule has 0 N–H and O–H groups in total. The van der Waals surface area contributed by atoms with Crippen LogP contribution < -0.4 is 10.4 Å². The second kappa shape index (κ2) is 8.05. The number of benzene rings is 2. The number of hydrogen-bond donors (Lipinski definition) is 0. The third-order valence-corrected chi connectivity index (χ3v) is 30.8. The van der Waals surface area contributed by atoms with Gasteiger partial charge in [-0.2, -0.15) is 0 Å². The Bertz CT molecular complexity index is 726. The predicted molar refractivity (Wildman–Crippen MR) is 132 cm³/mol. The van der Waals surface area contributed by atoms with Gasteiger partial charge < -0.3 is 4.43 Å². The van der Waals surface area contributed by atoms with Crippen molar-refractivity contribution in [3.05, 3.63) is 60.7 Å². The van der Waals surface area contributed by atoms with Crippen LogP contribution in [0.1, 0.15) is 20.3 Å². The Morgan fingerprint density at radius 2 is 1.32 bits per heavy atom. The quantitative estimate of drug-likeness (QED) is 0.539. The minimum atomic E-state index is -2.27. The fourth-order valence-corrected chi connectivity index (χ4v) is 16.9. The summed E-state index contributed by atoms with van der Waals surface area (Å²) in [5.74, 6) is 0.570. The fourth-order valence-electron chi connectivity index (χ4n) is 4.53. The summed E-state index contributed by atoms with van der Waals surface area (Å²) in [6.45, 7) is 17.7. The van der Waals surface area contributed by atoms with E-state index in [1.54, 1.807) is 0 Å². The highest BCUT2D eigenvalue weighted by atomic mass is 29.3. The van der Waals surface area contributed by atoms with Gasteiger partial charge in [0, 0.05) is 21.3 Å². The Morgan fingerprint density at radius 3 is 1.71 bits per heavy atom. The van der Waals surface area contributed by atoms with Crippen LogP contribution in [-0.4, -0.2) is 29.6 Å². The van der Waals surface area contributed by atoms with E-state index in [1.807, 2.05) is 0 Å². The summed E-state index contributed by atoms with van der Waals surface area (Å²) in [5, 5.41) is 2.93. The summed E-state index contributed by atoms with van der Waals surface area (Å²) < 4.78 is 7.23. The smallest absolute Gasteiger partial charge is 0.259 e. The molecule has 0 aliphatic carbocycles. The van der Waals surface area contributed by atoms with Crippen LogP contribution in [0.3, 0.4) is 0 Å². The molecule has 0 amide bonds. The maximum atomic E-state index is 7.23. The van der Waals surface area contributed by atoms with Gasteiger partial charge in [0.15, 0.2) is 0 Å². The maximum absolute atomic E-state index is 7.23. The van der Waals surface area contributed by atoms with E-state index in [4.69, 9.17) is 4.43 Å². The zero-order chi connectivity index (χ0) is 20.6. The molecule has 1 heterocycles. The van der Waals surface area contributed by atoms with E-state index < -0.39 is 23.5 Å². The molecule has 4 heteroatoms. The molecule has 0 spiro atoms. The van der Waals surface area contributed by atoms with Crippen molar-refractivity contribution in [3.8, 4) is 0 Å². The molecular weight excluding hydrogens is 389 g/mol. The van der Waals surface area contributed by atoms with Crippen molar-refractivity contribution in [2.75, 3.05) is 0 Å². The molecule has 1 fully saturated rings. The van der Waals surface area contributed by atoms with E-state index in [1.165, 1.54) is 22.8 Å². The van der Waals surface area contributed by atoms with Gasteiger partial charge >= 0.3 is 0 Å². The van der Waals surface area contributed by atoms with E-state index in [9.17, 15) is 0 Å². The van der Waals surface area contributed by atoms with Gasteiger partial charge in [-0.25, -0.2) is 0 Å². The molecule has 0 unspecified atom stereocenters. The Morgan fingerprint density at radius 1 is 0.857 bits per heavy atom. The van der Waals surface area contributed by atoms with Crippen LogP contribution in [0.5, 0.6) is 0 Å². The Labute approximate surface area is 175 Å². The molecule has 1 aliphatic heterocycles. The molecule has 0 bridgehead atoms. The Hall–Kier alpha value is -0.949. The highest BCUT2D eigenvalue weighted by molar-refractivity contribution is 7.40. The SMILES string of the molecule is CC(C)[C@@H]1C[C@H](C[Si](C)(C)[Si](C)(C)C)[Si](c2ccccc2)(c2ccccc2)O1. The highest BCUT2D eigenvalue weighted by Crippen LogP contribution is 2.46. The van der Waals surface area contributed by atoms with Gasteiger partial charge in [-0.15, -0.1) is 0 Å². The minimum Gasteiger partial charge on any atom is -0.404 e. The molecule has 2 aromatic carbocycles. The maximum Gasteiger partial charge on any atom is 0.259 e. The van der Waals surface area contributed by atoms with E-state index in [0.29, 0.717) is 17.6 Å². The van der Waals surface area contributed by atoms with Crippen molar-refractivity contribution in [3.63, 3.8) is 0 Å². The molecular formula is C24H38OSi3. The van der Waals surface area contributed by atoms with E-state index in [0.717, 1.165) is 0 Å². The number of hydrogen-bond acceptors (Lipinski definition) is 1. The first-order valence-corrected chi connectivity index (χ1v) is 20.6. The molecule has 1 saturated heterocycles. The molecule has 2 atom stereocenters. The lowest BCUT2D eigenvalue weighted by Crippen LogP contribution is -2.64. The summed E-state index contributed by atoms with van der Waals surface area (Å²) in [5.41, 5.74) is 0.679. The highest BCUT2D eigenvalue weighted by Gasteiger charge is 2.56. The second-order valence-corrected chi connectivity index (χ2v) is 31.6. The normalized spacial score (nSPS) is 22.6. The van der Waals surface area contributed by atoms with E-state index in [2.05, 4.69) is 107 Å². The van der Waals surface area contributed by atoms with Crippen molar-refractivity contribution in [2.24, 2.45) is 5.92 Å². The van der Waals surface area contributed by atoms with Crippen LogP contribution in [0.4, 0.5) is 0 Å². The van der Waals surface area contributed by atoms with Crippen molar-refractivity contribution in [1.29, 1.82) is 0 Å². The first kappa shape index (κ1) is 21.8. The van der Waals surface area contributed by atoms with E-state index in [-0.39, 0.29) is 0 Å². The Kier molecular flexibility index (Phi) is 6.26. The monoisotopic (exact) mass is 426 g/mol. The number of rotatable bonds is 6. The predicted octanol–water partition coefficient (Wildman–Crippen LogP) is 5.69. The zero-order valence-electron chi connectivity index (χ0n) is 18.8. The van der Waals surface area contributed by atoms with Gasteiger partial charge in [0.2, 0.25) is 0 Å². The lowest BCUT2D eigenvalue weighted by Gasteiger charge is -2.41. The molecule has 0 saturated carbocycles. The van der Waals surface area contributed by atoms with Crippen molar-refractivity contribution < 1.29 is 4.43 Å². The second-order valence-electron chi connectivity index (χ2n) is 10.6. The van der Waals surface area contributed by atoms with Crippen molar-refractivity contribution in [2.45, 2.75) is 70.7 Å². The summed E-state index contributed by atoms with van der Waals surface area (Å²) in [6.07, 6.45) is 1.61. The standard InChI is InChI=1S/C24H38OSi3/c1-20(2)24-18-23(19-27(6,7)26(3,4)5)28(25-24,21-14-10-8-11-15-21)22-16-12-9-13-17-22/h8-17,20,23-24H,18-19H2,1-7H3/t23-,24+/m1/s1. The average molecular weight is 427 g/mol. The minimum absolute atomic E-state index is 0.378. The molecule has 0 aromatic heterocycles. The van der Waals surface area contributed by atoms with Crippen LogP contribution >= 0.6 is 0 Å². The lowest BCUT2D eigenvalue weighted by atomic mass is 10.0. The van der Waals surface area contributed by atoms with Crippen LogP contribution in [0.25, 0.3) is 0 Å². The largest absolute Gasteiger partial charge is 0.404 e. The zero-order valence-corrected chi connectivity index (χ0v) is 21.8. The first-order chi connectivity index (χ1) is 13.1. The van der Waals surface area contributed by atoms with Gasteiger partial charge in [-0.1, -0.05) is 113 Å². The molecule has 3 rings (SSSR count). The molecule has 1 nitrogen and oxygen atoms in total. The Balaban J connectivity index is 2.16. The fraction of sp³-hybridized carbons (Fsp3) is 0.500. The van der Waals surface area contributed by atoms with Gasteiger partial charge in [0.05, 0.1) is 0 Å². The van der Waals surface area contributed by atoms with Gasteiger partial charge in [-0.3, -0.25) is 0 Å².